The Balaban J connectivity index is 1.66. The van der Waals surface area contributed by atoms with Crippen LogP contribution in [0.25, 0.3) is 0 Å². The van der Waals surface area contributed by atoms with Crippen LogP contribution in [0.4, 0.5) is 63.5 Å². The number of likely N-dealkylation sites (tertiary alicyclic amines) is 2. The molecule has 3 atom stereocenters. The number of halogens is 6. The van der Waals surface area contributed by atoms with Gasteiger partial charge in [-0.2, -0.15) is 31.5 Å². The van der Waals surface area contributed by atoms with Crippen LogP contribution >= 0.6 is 0 Å². The van der Waals surface area contributed by atoms with Crippen molar-refractivity contribution in [2.75, 3.05) is 67.1 Å². The zero-order valence-corrected chi connectivity index (χ0v) is 46.1. The van der Waals surface area contributed by atoms with Gasteiger partial charge in [0.15, 0.2) is 17.5 Å². The predicted octanol–water partition coefficient (Wildman–Crippen LogP) is 9.37. The second-order valence-corrected chi connectivity index (χ2v) is 20.9. The number of carbonyl (C=O) groups excluding carboxylic acids is 7. The molecule has 2 saturated heterocycles. The summed E-state index contributed by atoms with van der Waals surface area (Å²) in [5, 5.41) is 23.5. The molecule has 2 fully saturated rings. The van der Waals surface area contributed by atoms with Gasteiger partial charge >= 0.3 is 30.6 Å². The first kappa shape index (κ1) is 65.8. The van der Waals surface area contributed by atoms with Crippen LogP contribution in [-0.2, 0) is 45.7 Å². The van der Waals surface area contributed by atoms with Gasteiger partial charge in [0.1, 0.15) is 30.0 Å². The molecule has 81 heavy (non-hydrogen) atoms. The zero-order valence-electron chi connectivity index (χ0n) is 46.1. The maximum absolute atomic E-state index is 14.6. The first-order valence-corrected chi connectivity index (χ1v) is 26.0. The highest BCUT2D eigenvalue weighted by Crippen LogP contribution is 2.44. The normalized spacial score (nSPS) is 16.0. The molecule has 2 aromatic rings. The minimum atomic E-state index is -5.12. The number of alkyl carbamates (subject to hydrolysis) is 1. The van der Waals surface area contributed by atoms with Crippen LogP contribution in [-0.4, -0.2) is 133 Å². The Bertz CT molecular complexity index is 2640. The largest absolute Gasteiger partial charge is 0.484 e. The van der Waals surface area contributed by atoms with Gasteiger partial charge in [0.25, 0.3) is 11.8 Å². The lowest BCUT2D eigenvalue weighted by Crippen LogP contribution is -2.36. The van der Waals surface area contributed by atoms with Gasteiger partial charge < -0.3 is 65.8 Å². The number of alkyl halides is 6. The number of nitrogens with one attached hydrogen (secondary N) is 7. The number of nitrogens with zero attached hydrogens (tertiary/aromatic N) is 3. The third-order valence-electron chi connectivity index (χ3n) is 11.7. The molecule has 2 heterocycles. The van der Waals surface area contributed by atoms with Crippen molar-refractivity contribution >= 4 is 70.4 Å². The maximum Gasteiger partial charge on any atom is 0.416 e. The summed E-state index contributed by atoms with van der Waals surface area (Å²) in [6.07, 6.45) is -11.3. The summed E-state index contributed by atoms with van der Waals surface area (Å²) >= 11 is 0. The summed E-state index contributed by atoms with van der Waals surface area (Å²) in [6.45, 7) is 11.8. The molecule has 23 nitrogen and oxygen atoms in total. The van der Waals surface area contributed by atoms with E-state index in [0.717, 1.165) is 0 Å². The quantitative estimate of drug-likeness (QED) is 0.0121. The lowest BCUT2D eigenvalue weighted by molar-refractivity contribution is -0.138. The number of hydrogen-bond donors (Lipinski definition) is 8. The van der Waals surface area contributed by atoms with Crippen molar-refractivity contribution in [2.45, 2.75) is 148 Å². The van der Waals surface area contributed by atoms with E-state index in [1.807, 2.05) is 0 Å². The van der Waals surface area contributed by atoms with Crippen molar-refractivity contribution < 1.29 is 83.6 Å². The van der Waals surface area contributed by atoms with Crippen LogP contribution < -0.4 is 41.8 Å². The smallest absolute Gasteiger partial charge is 0.416 e. The molecule has 0 spiro atoms. The molecule has 448 valence electrons. The molecule has 4 rings (SSSR count). The fraction of sp³-hybridized carbons (Fsp3) is 0.577. The topological polar surface area (TPSA) is 318 Å². The number of hydrogen-bond acceptors (Lipinski definition) is 16. The molecule has 2 aliphatic rings. The van der Waals surface area contributed by atoms with E-state index >= 15 is 0 Å². The van der Waals surface area contributed by atoms with Gasteiger partial charge in [0.2, 0.25) is 11.8 Å². The van der Waals surface area contributed by atoms with Gasteiger partial charge in [0.05, 0.1) is 52.7 Å². The number of unbranched alkanes of at least 4 members (excludes halogenated alkanes) is 2. The van der Waals surface area contributed by atoms with Gasteiger partial charge in [-0.3, -0.25) is 24.6 Å². The minimum Gasteiger partial charge on any atom is -0.484 e. The van der Waals surface area contributed by atoms with E-state index in [4.69, 9.17) is 40.4 Å². The van der Waals surface area contributed by atoms with Gasteiger partial charge in [-0.15, -0.1) is 0 Å². The van der Waals surface area contributed by atoms with Crippen LogP contribution in [0.3, 0.4) is 0 Å². The van der Waals surface area contributed by atoms with Crippen LogP contribution in [0.15, 0.2) is 41.5 Å². The van der Waals surface area contributed by atoms with E-state index in [1.165, 1.54) is 9.80 Å². The summed E-state index contributed by atoms with van der Waals surface area (Å²) in [4.78, 5) is 94.5. The number of rotatable bonds is 24. The number of amides is 7. The van der Waals surface area contributed by atoms with E-state index in [-0.39, 0.29) is 90.8 Å². The molecule has 0 aliphatic carbocycles. The Labute approximate surface area is 464 Å². The third kappa shape index (κ3) is 21.7. The number of anilines is 4. The summed E-state index contributed by atoms with van der Waals surface area (Å²) < 4.78 is 115. The van der Waals surface area contributed by atoms with Crippen molar-refractivity contribution in [2.24, 2.45) is 10.8 Å². The van der Waals surface area contributed by atoms with Crippen molar-refractivity contribution in [1.82, 2.24) is 15.1 Å². The second-order valence-electron chi connectivity index (χ2n) is 20.9. The average molecular weight is 1160 g/mol. The molecule has 2 aromatic carbocycles. The molecule has 3 unspecified atom stereocenters. The summed E-state index contributed by atoms with van der Waals surface area (Å²) in [6, 6.07) is -0.0251. The monoisotopic (exact) mass is 1160 g/mol. The van der Waals surface area contributed by atoms with Gasteiger partial charge in [-0.05, 0) is 105 Å². The number of nitrogens with two attached hydrogens (primary N) is 1. The molecule has 29 heteroatoms. The minimum absolute atomic E-state index is 0.0292. The summed E-state index contributed by atoms with van der Waals surface area (Å²) in [5.41, 5.74) is 5.16. The van der Waals surface area contributed by atoms with E-state index in [1.54, 1.807) is 60.6 Å². The van der Waals surface area contributed by atoms with Gasteiger partial charge in [-0.1, -0.05) is 12.2 Å². The molecule has 9 N–H and O–H groups in total. The molecular weight excluding hydrogens is 1080 g/mol. The second kappa shape index (κ2) is 29.1. The van der Waals surface area contributed by atoms with Gasteiger partial charge in [0, 0.05) is 51.7 Å². The van der Waals surface area contributed by atoms with Gasteiger partial charge in [-0.25, -0.2) is 19.9 Å². The van der Waals surface area contributed by atoms with E-state index in [9.17, 15) is 59.9 Å². The van der Waals surface area contributed by atoms with Crippen molar-refractivity contribution in [1.29, 1.82) is 10.9 Å². The highest BCUT2D eigenvalue weighted by molar-refractivity contribution is 6.42. The SMILES string of the molecule is CC=CCOC(=O)NCCCCC(=O)Nc1cc(C(F)(F)F)cc(NC(=O)C(=N)CC(N=N)C(=O)Nc2cc(C(F)(F)F)cc(NC(=O)CCCCN)c2OC2CCN(C(=O)OC(C)(C)C)C2)c1OC1CCN(C(=O)OC(C)(C)C)C1. The molecular formula is C52H71F6N11O12. The lowest BCUT2D eigenvalue weighted by atomic mass is 10.1. The highest BCUT2D eigenvalue weighted by Gasteiger charge is 2.39. The number of allylic oxidation sites excluding steroid dienone is 1. The Kier molecular flexibility index (Phi) is 23.7. The molecule has 0 saturated carbocycles. The Morgan fingerprint density at radius 1 is 0.704 bits per heavy atom. The van der Waals surface area contributed by atoms with Crippen molar-refractivity contribution in [3.05, 3.63) is 47.5 Å². The van der Waals surface area contributed by atoms with E-state index in [0.29, 0.717) is 30.7 Å². The lowest BCUT2D eigenvalue weighted by Gasteiger charge is -2.25. The molecule has 7 amide bonds. The number of benzene rings is 2. The molecule has 2 aliphatic heterocycles. The Morgan fingerprint density at radius 3 is 1.57 bits per heavy atom. The number of ether oxygens (including phenoxy) is 5. The van der Waals surface area contributed by atoms with Crippen LogP contribution in [0.5, 0.6) is 11.5 Å². The molecule has 0 aromatic heterocycles. The van der Waals surface area contributed by atoms with E-state index in [2.05, 4.69) is 31.7 Å². The zero-order chi connectivity index (χ0) is 60.5. The molecule has 0 radical (unpaired) electrons. The molecule has 0 bridgehead atoms. The standard InChI is InChI=1S/C52H71F6N11O12/c1-8-9-22-77-46(74)62-19-13-11-15-41(71)64-35-23-30(51(53,54)55)25-37(42(35)78-32-16-20-68(28-32)47(75)80-49(2,3)4)65-44(72)34(60)27-39(67-61)45(73)66-38-26-31(52(56,57)58)24-36(63-40(70)14-10-12-18-59)43(38)79-33-17-21-69(29-33)48(76)81-50(5,6)7/h8-9,23-26,32-33,39,60-61H,10-22,27-29,59H2,1-7H3,(H,62,74)(H,63,70)(H,64,71)(H,65,72)(H,66,73). The van der Waals surface area contributed by atoms with Crippen LogP contribution in [0.1, 0.15) is 117 Å². The van der Waals surface area contributed by atoms with E-state index < -0.39 is 141 Å². The predicted molar refractivity (Wildman–Crippen MR) is 283 cm³/mol. The third-order valence-corrected chi connectivity index (χ3v) is 11.7. The van der Waals surface area contributed by atoms with Crippen LogP contribution in [0.2, 0.25) is 0 Å². The first-order chi connectivity index (χ1) is 37.8. The number of carbonyl (C=O) groups is 7. The Hall–Kier alpha value is -7.72. The highest BCUT2D eigenvalue weighted by atomic mass is 19.4. The van der Waals surface area contributed by atoms with Crippen molar-refractivity contribution in [3.63, 3.8) is 0 Å². The fourth-order valence-electron chi connectivity index (χ4n) is 7.80. The first-order valence-electron chi connectivity index (χ1n) is 26.0. The Morgan fingerprint density at radius 2 is 1.15 bits per heavy atom. The average Bonchev–Trinajstić information content (AvgIpc) is 4.04. The van der Waals surface area contributed by atoms with Crippen LogP contribution in [0, 0.1) is 10.9 Å². The maximum atomic E-state index is 14.6. The fourth-order valence-corrected chi connectivity index (χ4v) is 7.80. The summed E-state index contributed by atoms with van der Waals surface area (Å²) in [5.74, 6) is -5.45. The summed E-state index contributed by atoms with van der Waals surface area (Å²) in [7, 11) is 0. The van der Waals surface area contributed by atoms with Crippen molar-refractivity contribution in [3.8, 4) is 11.5 Å².